The lowest BCUT2D eigenvalue weighted by Crippen LogP contribution is -2.17. The molecule has 0 aromatic carbocycles. The summed E-state index contributed by atoms with van der Waals surface area (Å²) >= 11 is 1.64. The maximum atomic E-state index is 8.85. The summed E-state index contributed by atoms with van der Waals surface area (Å²) in [5.74, 6) is 0.481. The van der Waals surface area contributed by atoms with Crippen molar-refractivity contribution in [2.45, 2.75) is 59.8 Å². The number of anilines is 1. The number of rotatable bonds is 7. The first-order valence-corrected chi connectivity index (χ1v) is 10.7. The van der Waals surface area contributed by atoms with Gasteiger partial charge in [-0.3, -0.25) is 0 Å². The minimum atomic E-state index is 0.481. The highest BCUT2D eigenvalue weighted by Gasteiger charge is 2.23. The fourth-order valence-electron chi connectivity index (χ4n) is 3.65. The van der Waals surface area contributed by atoms with Crippen LogP contribution in [-0.2, 0) is 0 Å². The van der Waals surface area contributed by atoms with E-state index < -0.39 is 0 Å². The van der Waals surface area contributed by atoms with Gasteiger partial charge in [0.1, 0.15) is 5.69 Å². The SMILES string of the molecule is CCC(CC)c1cc(C)nn2c(-c3sc(N(C)CCC#N)nc3C)c(C)nc12. The van der Waals surface area contributed by atoms with Gasteiger partial charge in [0, 0.05) is 19.2 Å². The molecule has 3 aromatic rings. The highest BCUT2D eigenvalue weighted by atomic mass is 32.1. The van der Waals surface area contributed by atoms with Crippen LogP contribution < -0.4 is 4.90 Å². The minimum Gasteiger partial charge on any atom is -0.350 e. The smallest absolute Gasteiger partial charge is 0.185 e. The Morgan fingerprint density at radius 3 is 2.54 bits per heavy atom. The van der Waals surface area contributed by atoms with E-state index in [2.05, 4.69) is 26.0 Å². The molecule has 0 bridgehead atoms. The Morgan fingerprint density at radius 1 is 1.18 bits per heavy atom. The molecule has 0 unspecified atom stereocenters. The van der Waals surface area contributed by atoms with E-state index in [-0.39, 0.29) is 0 Å². The summed E-state index contributed by atoms with van der Waals surface area (Å²) in [4.78, 5) is 12.8. The molecule has 6 nitrogen and oxygen atoms in total. The van der Waals surface area contributed by atoms with Gasteiger partial charge >= 0.3 is 0 Å². The van der Waals surface area contributed by atoms with E-state index in [0.717, 1.165) is 51.3 Å². The molecule has 0 saturated heterocycles. The first-order chi connectivity index (χ1) is 13.4. The molecule has 7 heteroatoms. The van der Waals surface area contributed by atoms with Gasteiger partial charge in [0.15, 0.2) is 10.8 Å². The number of aryl methyl sites for hydroxylation is 3. The number of fused-ring (bicyclic) bond motifs is 1. The van der Waals surface area contributed by atoms with Crippen LogP contribution in [-0.4, -0.2) is 33.2 Å². The summed E-state index contributed by atoms with van der Waals surface area (Å²) in [6.07, 6.45) is 2.66. The lowest BCUT2D eigenvalue weighted by atomic mass is 9.95. The van der Waals surface area contributed by atoms with Gasteiger partial charge in [-0.15, -0.1) is 0 Å². The van der Waals surface area contributed by atoms with Crippen molar-refractivity contribution in [2.75, 3.05) is 18.5 Å². The third kappa shape index (κ3) is 3.61. The molecule has 148 valence electrons. The molecule has 0 saturated carbocycles. The molecular formula is C21H28N6S. The van der Waals surface area contributed by atoms with E-state index in [4.69, 9.17) is 20.3 Å². The fourth-order valence-corrected chi connectivity index (χ4v) is 4.78. The molecule has 3 aromatic heterocycles. The number of thiazole rings is 1. The second-order valence-corrected chi connectivity index (χ2v) is 8.25. The standard InChI is InChI=1S/C21H28N6S/c1-7-16(8-2)17-12-13(3)25-27-18(14(4)23-20(17)27)19-15(5)24-21(28-19)26(6)11-9-10-22/h12,16H,7-9,11H2,1-6H3. The predicted molar refractivity (Wildman–Crippen MR) is 115 cm³/mol. The van der Waals surface area contributed by atoms with Gasteiger partial charge in [0.25, 0.3) is 0 Å². The van der Waals surface area contributed by atoms with E-state index >= 15 is 0 Å². The van der Waals surface area contributed by atoms with Crippen LogP contribution in [0.1, 0.15) is 61.7 Å². The van der Waals surface area contributed by atoms with Crippen molar-refractivity contribution in [1.29, 1.82) is 5.26 Å². The molecule has 3 rings (SSSR count). The van der Waals surface area contributed by atoms with Crippen molar-refractivity contribution in [2.24, 2.45) is 0 Å². The monoisotopic (exact) mass is 396 g/mol. The van der Waals surface area contributed by atoms with Gasteiger partial charge < -0.3 is 4.90 Å². The molecule has 0 aliphatic rings. The van der Waals surface area contributed by atoms with E-state index in [0.29, 0.717) is 18.9 Å². The van der Waals surface area contributed by atoms with Crippen molar-refractivity contribution in [1.82, 2.24) is 19.6 Å². The van der Waals surface area contributed by atoms with Crippen LogP contribution in [0.4, 0.5) is 5.13 Å². The molecule has 0 fully saturated rings. The van der Waals surface area contributed by atoms with Gasteiger partial charge in [-0.1, -0.05) is 25.2 Å². The predicted octanol–water partition coefficient (Wildman–Crippen LogP) is 5.03. The summed E-state index contributed by atoms with van der Waals surface area (Å²) < 4.78 is 2.01. The minimum absolute atomic E-state index is 0.481. The van der Waals surface area contributed by atoms with Crippen LogP contribution in [0.3, 0.4) is 0 Å². The molecule has 0 atom stereocenters. The highest BCUT2D eigenvalue weighted by molar-refractivity contribution is 7.19. The van der Waals surface area contributed by atoms with Crippen LogP contribution in [0.15, 0.2) is 6.07 Å². The number of aromatic nitrogens is 4. The number of nitrogens with zero attached hydrogens (tertiary/aromatic N) is 6. The van der Waals surface area contributed by atoms with Crippen molar-refractivity contribution < 1.29 is 0 Å². The van der Waals surface area contributed by atoms with Crippen LogP contribution in [0, 0.1) is 32.1 Å². The van der Waals surface area contributed by atoms with Crippen LogP contribution in [0.5, 0.6) is 0 Å². The second-order valence-electron chi connectivity index (χ2n) is 7.28. The first-order valence-electron chi connectivity index (χ1n) is 9.83. The van der Waals surface area contributed by atoms with Crippen LogP contribution in [0.25, 0.3) is 16.2 Å². The molecular weight excluding hydrogens is 368 g/mol. The average molecular weight is 397 g/mol. The van der Waals surface area contributed by atoms with Gasteiger partial charge in [-0.05, 0) is 45.6 Å². The Balaban J connectivity index is 2.16. The Kier molecular flexibility index (Phi) is 5.99. The maximum Gasteiger partial charge on any atom is 0.185 e. The number of hydrogen-bond donors (Lipinski definition) is 0. The molecule has 3 heterocycles. The first kappa shape index (κ1) is 20.3. The summed E-state index contributed by atoms with van der Waals surface area (Å²) in [5.41, 5.74) is 6.21. The summed E-state index contributed by atoms with van der Waals surface area (Å²) in [7, 11) is 1.98. The lowest BCUT2D eigenvalue weighted by Gasteiger charge is -2.14. The molecule has 0 aliphatic carbocycles. The van der Waals surface area contributed by atoms with E-state index in [9.17, 15) is 0 Å². The van der Waals surface area contributed by atoms with Crippen molar-refractivity contribution in [3.8, 4) is 16.6 Å². The summed E-state index contributed by atoms with van der Waals surface area (Å²) in [5, 5.41) is 14.6. The summed E-state index contributed by atoms with van der Waals surface area (Å²) in [6, 6.07) is 4.38. The van der Waals surface area contributed by atoms with Gasteiger partial charge in [-0.25, -0.2) is 14.5 Å². The highest BCUT2D eigenvalue weighted by Crippen LogP contribution is 2.37. The maximum absolute atomic E-state index is 8.85. The molecule has 0 N–H and O–H groups in total. The number of nitriles is 1. The largest absolute Gasteiger partial charge is 0.350 e. The van der Waals surface area contributed by atoms with Crippen molar-refractivity contribution in [3.63, 3.8) is 0 Å². The quantitative estimate of drug-likeness (QED) is 0.560. The molecule has 0 amide bonds. The molecule has 0 aliphatic heterocycles. The van der Waals surface area contributed by atoms with Crippen molar-refractivity contribution >= 4 is 22.1 Å². The third-order valence-electron chi connectivity index (χ3n) is 5.22. The lowest BCUT2D eigenvalue weighted by molar-refractivity contribution is 0.638. The zero-order chi connectivity index (χ0) is 20.4. The fraction of sp³-hybridized carbons (Fsp3) is 0.524. The zero-order valence-corrected chi connectivity index (χ0v) is 18.4. The molecule has 0 radical (unpaired) electrons. The Bertz CT molecular complexity index is 1020. The number of hydrogen-bond acceptors (Lipinski definition) is 6. The van der Waals surface area contributed by atoms with Gasteiger partial charge in [0.2, 0.25) is 0 Å². The van der Waals surface area contributed by atoms with Gasteiger partial charge in [0.05, 0.1) is 34.4 Å². The van der Waals surface area contributed by atoms with Crippen molar-refractivity contribution in [3.05, 3.63) is 28.7 Å². The van der Waals surface area contributed by atoms with Crippen LogP contribution >= 0.6 is 11.3 Å². The van der Waals surface area contributed by atoms with Gasteiger partial charge in [-0.2, -0.15) is 10.4 Å². The topological polar surface area (TPSA) is 70.1 Å². The van der Waals surface area contributed by atoms with E-state index in [1.165, 1.54) is 5.56 Å². The number of imidazole rings is 1. The summed E-state index contributed by atoms with van der Waals surface area (Å²) in [6.45, 7) is 11.3. The Labute approximate surface area is 170 Å². The molecule has 0 spiro atoms. The third-order valence-corrected chi connectivity index (χ3v) is 6.50. The Hall–Kier alpha value is -2.46. The Morgan fingerprint density at radius 2 is 1.89 bits per heavy atom. The second kappa shape index (κ2) is 8.27. The zero-order valence-electron chi connectivity index (χ0n) is 17.6. The van der Waals surface area contributed by atoms with E-state index in [1.807, 2.05) is 37.2 Å². The normalized spacial score (nSPS) is 11.4. The van der Waals surface area contributed by atoms with E-state index in [1.54, 1.807) is 11.3 Å². The average Bonchev–Trinajstić information content (AvgIpc) is 3.19. The molecule has 28 heavy (non-hydrogen) atoms. The van der Waals surface area contributed by atoms with Crippen LogP contribution in [0.2, 0.25) is 0 Å².